The number of para-hydroxylation sites is 1. The molecule has 0 saturated carbocycles. The van der Waals surface area contributed by atoms with Gasteiger partial charge in [-0.1, -0.05) is 36.8 Å². The number of rotatable bonds is 7. The molecule has 5 nitrogen and oxygen atoms in total. The van der Waals surface area contributed by atoms with Crippen LogP contribution in [0.1, 0.15) is 36.2 Å². The maximum Gasteiger partial charge on any atom is 0.340 e. The number of aryl methyl sites for hydroxylation is 1. The van der Waals surface area contributed by atoms with Crippen LogP contribution in [0.15, 0.2) is 48.5 Å². The van der Waals surface area contributed by atoms with Gasteiger partial charge in [-0.05, 0) is 44.5 Å². The van der Waals surface area contributed by atoms with E-state index in [1.54, 1.807) is 31.2 Å². The van der Waals surface area contributed by atoms with Crippen molar-refractivity contribution in [1.82, 2.24) is 0 Å². The first-order valence-electron chi connectivity index (χ1n) is 8.35. The molecule has 0 radical (unpaired) electrons. The van der Waals surface area contributed by atoms with E-state index in [4.69, 9.17) is 9.47 Å². The van der Waals surface area contributed by atoms with Gasteiger partial charge in [0.25, 0.3) is 5.91 Å². The molecule has 0 spiro atoms. The van der Waals surface area contributed by atoms with Gasteiger partial charge in [-0.15, -0.1) is 0 Å². The van der Waals surface area contributed by atoms with Crippen LogP contribution in [0.5, 0.6) is 5.75 Å². The van der Waals surface area contributed by atoms with Gasteiger partial charge in [0.05, 0.1) is 17.9 Å². The molecule has 0 bridgehead atoms. The summed E-state index contributed by atoms with van der Waals surface area (Å²) in [6, 6.07) is 14.3. The van der Waals surface area contributed by atoms with Gasteiger partial charge < -0.3 is 14.8 Å². The number of hydrogen-bond acceptors (Lipinski definition) is 4. The zero-order valence-corrected chi connectivity index (χ0v) is 14.7. The molecule has 1 N–H and O–H groups in total. The number of nitrogens with one attached hydrogen (secondary N) is 1. The van der Waals surface area contributed by atoms with E-state index in [0.717, 1.165) is 5.56 Å². The Labute approximate surface area is 148 Å². The second-order valence-electron chi connectivity index (χ2n) is 5.58. The van der Waals surface area contributed by atoms with E-state index in [0.29, 0.717) is 23.4 Å². The molecule has 0 saturated heterocycles. The fourth-order valence-corrected chi connectivity index (χ4v) is 2.30. The summed E-state index contributed by atoms with van der Waals surface area (Å²) in [6.45, 7) is 5.87. The Hall–Kier alpha value is -2.82. The number of hydrogen-bond donors (Lipinski definition) is 1. The van der Waals surface area contributed by atoms with Crippen molar-refractivity contribution in [3.63, 3.8) is 0 Å². The van der Waals surface area contributed by atoms with E-state index in [9.17, 15) is 9.59 Å². The average Bonchev–Trinajstić information content (AvgIpc) is 2.61. The average molecular weight is 341 g/mol. The maximum absolute atomic E-state index is 12.6. The topological polar surface area (TPSA) is 64.6 Å². The molecule has 0 fully saturated rings. The lowest BCUT2D eigenvalue weighted by Gasteiger charge is -2.18. The number of ether oxygens (including phenoxy) is 2. The van der Waals surface area contributed by atoms with Crippen molar-refractivity contribution in [2.75, 3.05) is 11.9 Å². The summed E-state index contributed by atoms with van der Waals surface area (Å²) in [5, 5.41) is 2.77. The Morgan fingerprint density at radius 3 is 2.36 bits per heavy atom. The van der Waals surface area contributed by atoms with Gasteiger partial charge in [-0.3, -0.25) is 4.79 Å². The molecule has 25 heavy (non-hydrogen) atoms. The number of esters is 1. The summed E-state index contributed by atoms with van der Waals surface area (Å²) in [5.74, 6) is -0.142. The lowest BCUT2D eigenvalue weighted by Crippen LogP contribution is -2.33. The summed E-state index contributed by atoms with van der Waals surface area (Å²) in [4.78, 5) is 24.6. The van der Waals surface area contributed by atoms with E-state index < -0.39 is 12.1 Å². The van der Waals surface area contributed by atoms with E-state index in [1.165, 1.54) is 0 Å². The van der Waals surface area contributed by atoms with Crippen LogP contribution >= 0.6 is 0 Å². The molecule has 1 atom stereocenters. The number of carbonyl (C=O) groups excluding carboxylic acids is 2. The lowest BCUT2D eigenvalue weighted by molar-refractivity contribution is -0.122. The van der Waals surface area contributed by atoms with Crippen LogP contribution in [-0.2, 0) is 9.53 Å². The van der Waals surface area contributed by atoms with Crippen LogP contribution in [-0.4, -0.2) is 24.6 Å². The Kier molecular flexibility index (Phi) is 6.57. The fraction of sp³-hybridized carbons (Fsp3) is 0.300. The Bertz CT molecular complexity index is 725. The van der Waals surface area contributed by atoms with Crippen molar-refractivity contribution in [3.05, 3.63) is 59.7 Å². The van der Waals surface area contributed by atoms with E-state index >= 15 is 0 Å². The van der Waals surface area contributed by atoms with Crippen LogP contribution in [0.2, 0.25) is 0 Å². The van der Waals surface area contributed by atoms with Crippen molar-refractivity contribution >= 4 is 17.6 Å². The molecule has 0 aliphatic rings. The van der Waals surface area contributed by atoms with E-state index in [1.807, 2.05) is 38.1 Å². The van der Waals surface area contributed by atoms with Crippen LogP contribution < -0.4 is 10.1 Å². The second kappa shape index (κ2) is 8.87. The van der Waals surface area contributed by atoms with Crippen molar-refractivity contribution in [1.29, 1.82) is 0 Å². The second-order valence-corrected chi connectivity index (χ2v) is 5.58. The van der Waals surface area contributed by atoms with Gasteiger partial charge in [0.1, 0.15) is 5.75 Å². The SMILES string of the molecule is CCOC(=O)c1ccccc1NC(=O)[C@H](CC)Oc1ccc(C)cc1. The Morgan fingerprint density at radius 2 is 1.72 bits per heavy atom. The molecular weight excluding hydrogens is 318 g/mol. The highest BCUT2D eigenvalue weighted by molar-refractivity contribution is 6.02. The van der Waals surface area contributed by atoms with Crippen LogP contribution in [0.4, 0.5) is 5.69 Å². The van der Waals surface area contributed by atoms with Gasteiger partial charge in [0.15, 0.2) is 6.10 Å². The van der Waals surface area contributed by atoms with E-state index in [2.05, 4.69) is 5.32 Å². The molecule has 1 amide bonds. The summed E-state index contributed by atoms with van der Waals surface area (Å²) >= 11 is 0. The van der Waals surface area contributed by atoms with Gasteiger partial charge in [-0.25, -0.2) is 4.79 Å². The van der Waals surface area contributed by atoms with Gasteiger partial charge >= 0.3 is 5.97 Å². The smallest absolute Gasteiger partial charge is 0.340 e. The minimum absolute atomic E-state index is 0.273. The Morgan fingerprint density at radius 1 is 1.04 bits per heavy atom. The van der Waals surface area contributed by atoms with Crippen molar-refractivity contribution in [3.8, 4) is 5.75 Å². The molecule has 2 rings (SSSR count). The highest BCUT2D eigenvalue weighted by atomic mass is 16.5. The quantitative estimate of drug-likeness (QED) is 0.774. The van der Waals surface area contributed by atoms with Gasteiger partial charge in [0.2, 0.25) is 0 Å². The predicted octanol–water partition coefficient (Wildman–Crippen LogP) is 3.97. The van der Waals surface area contributed by atoms with Crippen molar-refractivity contribution in [2.45, 2.75) is 33.3 Å². The minimum atomic E-state index is -0.655. The fourth-order valence-electron chi connectivity index (χ4n) is 2.30. The highest BCUT2D eigenvalue weighted by Gasteiger charge is 2.21. The first kappa shape index (κ1) is 18.5. The largest absolute Gasteiger partial charge is 0.481 e. The summed E-state index contributed by atoms with van der Waals surface area (Å²) < 4.78 is 10.8. The van der Waals surface area contributed by atoms with Crippen LogP contribution in [0.25, 0.3) is 0 Å². The standard InChI is InChI=1S/C20H23NO4/c1-4-18(25-15-12-10-14(3)11-13-15)19(22)21-17-9-7-6-8-16(17)20(23)24-5-2/h6-13,18H,4-5H2,1-3H3,(H,21,22)/t18-/m0/s1. The molecule has 2 aromatic carbocycles. The summed E-state index contributed by atoms with van der Waals surface area (Å²) in [6.07, 6.45) is -0.153. The van der Waals surface area contributed by atoms with Gasteiger partial charge in [0, 0.05) is 0 Å². The number of benzene rings is 2. The third-order valence-corrected chi connectivity index (χ3v) is 3.64. The monoisotopic (exact) mass is 341 g/mol. The molecule has 0 unspecified atom stereocenters. The number of anilines is 1. The molecule has 5 heteroatoms. The normalized spacial score (nSPS) is 11.5. The Balaban J connectivity index is 2.11. The zero-order chi connectivity index (χ0) is 18.2. The van der Waals surface area contributed by atoms with Gasteiger partial charge in [-0.2, -0.15) is 0 Å². The molecule has 0 aromatic heterocycles. The first-order valence-corrected chi connectivity index (χ1v) is 8.35. The van der Waals surface area contributed by atoms with Crippen molar-refractivity contribution in [2.24, 2.45) is 0 Å². The van der Waals surface area contributed by atoms with Crippen molar-refractivity contribution < 1.29 is 19.1 Å². The number of carbonyl (C=O) groups is 2. The summed E-state index contributed by atoms with van der Waals surface area (Å²) in [5.41, 5.74) is 1.85. The third kappa shape index (κ3) is 5.08. The molecule has 0 aliphatic carbocycles. The first-order chi connectivity index (χ1) is 12.0. The van der Waals surface area contributed by atoms with Crippen LogP contribution in [0.3, 0.4) is 0 Å². The highest BCUT2D eigenvalue weighted by Crippen LogP contribution is 2.19. The van der Waals surface area contributed by atoms with Crippen LogP contribution in [0, 0.1) is 6.92 Å². The molecular formula is C20H23NO4. The zero-order valence-electron chi connectivity index (χ0n) is 14.7. The lowest BCUT2D eigenvalue weighted by atomic mass is 10.1. The molecule has 2 aromatic rings. The molecule has 132 valence electrons. The summed E-state index contributed by atoms with van der Waals surface area (Å²) in [7, 11) is 0. The third-order valence-electron chi connectivity index (χ3n) is 3.64. The minimum Gasteiger partial charge on any atom is -0.481 e. The molecule has 0 heterocycles. The predicted molar refractivity (Wildman–Crippen MR) is 96.9 cm³/mol. The van der Waals surface area contributed by atoms with E-state index in [-0.39, 0.29) is 12.5 Å². The number of amides is 1. The molecule has 0 aliphatic heterocycles. The maximum atomic E-state index is 12.6.